The van der Waals surface area contributed by atoms with Gasteiger partial charge in [-0.25, -0.2) is 9.13 Å². The molecule has 0 heterocycles. The zero-order valence-corrected chi connectivity index (χ0v) is 73.5. The third-order valence-electron chi connectivity index (χ3n) is 21.3. The number of aliphatic hydroxyl groups is 1. The molecule has 0 bridgehead atoms. The van der Waals surface area contributed by atoms with Crippen LogP contribution in [0.5, 0.6) is 0 Å². The molecule has 0 aromatic heterocycles. The summed E-state index contributed by atoms with van der Waals surface area (Å²) in [5.41, 5.74) is 0. The molecule has 0 aliphatic carbocycles. The molecule has 19 heteroatoms. The predicted molar refractivity (Wildman–Crippen MR) is 451 cm³/mol. The molecule has 0 aromatic carbocycles. The highest BCUT2D eigenvalue weighted by atomic mass is 31.2. The Balaban J connectivity index is 5.22. The minimum absolute atomic E-state index is 0.108. The van der Waals surface area contributed by atoms with E-state index in [0.29, 0.717) is 25.7 Å². The van der Waals surface area contributed by atoms with E-state index in [9.17, 15) is 43.2 Å². The van der Waals surface area contributed by atoms with Crippen LogP contribution in [-0.4, -0.2) is 96.7 Å². The lowest BCUT2D eigenvalue weighted by atomic mass is 10.0. The molecule has 0 aromatic rings. The first-order valence-electron chi connectivity index (χ1n) is 46.6. The van der Waals surface area contributed by atoms with Gasteiger partial charge in [0.1, 0.15) is 19.3 Å². The van der Waals surface area contributed by atoms with Gasteiger partial charge in [0.05, 0.1) is 26.4 Å². The van der Waals surface area contributed by atoms with Gasteiger partial charge in [-0.1, -0.05) is 439 Å². The van der Waals surface area contributed by atoms with Gasteiger partial charge in [-0.15, -0.1) is 0 Å². The summed E-state index contributed by atoms with van der Waals surface area (Å²) in [6.07, 6.45) is 78.0. The fraction of sp³-hybridized carbons (Fsp3) is 0.956. The van der Waals surface area contributed by atoms with Crippen molar-refractivity contribution in [2.75, 3.05) is 39.6 Å². The van der Waals surface area contributed by atoms with E-state index in [0.717, 1.165) is 95.8 Å². The molecule has 648 valence electrons. The summed E-state index contributed by atoms with van der Waals surface area (Å²) < 4.78 is 69.0. The van der Waals surface area contributed by atoms with Gasteiger partial charge in [-0.05, 0) is 31.6 Å². The molecule has 0 aliphatic rings. The van der Waals surface area contributed by atoms with Crippen molar-refractivity contribution in [1.82, 2.24) is 0 Å². The van der Waals surface area contributed by atoms with E-state index in [4.69, 9.17) is 37.0 Å². The second kappa shape index (κ2) is 82.6. The molecule has 0 saturated heterocycles. The summed E-state index contributed by atoms with van der Waals surface area (Å²) in [5, 5.41) is 10.7. The minimum Gasteiger partial charge on any atom is -0.462 e. The van der Waals surface area contributed by atoms with Crippen LogP contribution in [0, 0.1) is 5.92 Å². The van der Waals surface area contributed by atoms with Crippen molar-refractivity contribution in [2.24, 2.45) is 5.92 Å². The molecule has 109 heavy (non-hydrogen) atoms. The molecule has 5 atom stereocenters. The largest absolute Gasteiger partial charge is 0.472 e. The number of aliphatic hydroxyl groups excluding tert-OH is 1. The Morgan fingerprint density at radius 1 is 0.248 bits per heavy atom. The topological polar surface area (TPSA) is 237 Å². The average Bonchev–Trinajstić information content (AvgIpc) is 0.899. The maximum Gasteiger partial charge on any atom is 0.472 e. The quantitative estimate of drug-likeness (QED) is 0.0222. The molecule has 0 fully saturated rings. The Hall–Kier alpha value is -1.94. The molecular formula is C90H176O17P2. The van der Waals surface area contributed by atoms with Gasteiger partial charge >= 0.3 is 39.5 Å². The van der Waals surface area contributed by atoms with E-state index in [1.54, 1.807) is 0 Å². The Kier molecular flexibility index (Phi) is 81.1. The zero-order chi connectivity index (χ0) is 79.7. The van der Waals surface area contributed by atoms with Crippen LogP contribution in [0.15, 0.2) is 0 Å². The van der Waals surface area contributed by atoms with Crippen LogP contribution >= 0.6 is 15.6 Å². The lowest BCUT2D eigenvalue weighted by molar-refractivity contribution is -0.161. The zero-order valence-electron chi connectivity index (χ0n) is 71.7. The van der Waals surface area contributed by atoms with Crippen molar-refractivity contribution in [1.29, 1.82) is 0 Å². The first-order chi connectivity index (χ1) is 53.0. The van der Waals surface area contributed by atoms with Crippen molar-refractivity contribution in [3.63, 3.8) is 0 Å². The van der Waals surface area contributed by atoms with Crippen molar-refractivity contribution >= 4 is 39.5 Å². The molecular weight excluding hydrogens is 1410 g/mol. The van der Waals surface area contributed by atoms with E-state index in [-0.39, 0.29) is 25.7 Å². The van der Waals surface area contributed by atoms with Crippen LogP contribution in [0.3, 0.4) is 0 Å². The second-order valence-electron chi connectivity index (χ2n) is 32.8. The maximum absolute atomic E-state index is 13.2. The molecule has 0 radical (unpaired) electrons. The third kappa shape index (κ3) is 83.8. The Bertz CT molecular complexity index is 2070. The van der Waals surface area contributed by atoms with Crippen LogP contribution in [0.2, 0.25) is 0 Å². The van der Waals surface area contributed by atoms with Gasteiger partial charge in [-0.3, -0.25) is 37.3 Å². The fourth-order valence-corrected chi connectivity index (χ4v) is 15.8. The normalized spacial score (nSPS) is 13.7. The molecule has 0 saturated carbocycles. The maximum atomic E-state index is 13.2. The van der Waals surface area contributed by atoms with Crippen molar-refractivity contribution in [2.45, 2.75) is 509 Å². The minimum atomic E-state index is -4.97. The molecule has 0 rings (SSSR count). The fourth-order valence-electron chi connectivity index (χ4n) is 14.2. The number of unbranched alkanes of at least 4 members (excludes halogenated alkanes) is 62. The third-order valence-corrected chi connectivity index (χ3v) is 23.2. The number of carbonyl (C=O) groups is 4. The molecule has 3 N–H and O–H groups in total. The summed E-state index contributed by atoms with van der Waals surface area (Å²) >= 11 is 0. The SMILES string of the molecule is CCCCCCCCCCCCCCCCCCCCCCCC(=O)OC[C@H](COP(=O)(O)OC[C@@H](O)COP(=O)(O)OC[C@@H](COC(=O)CCCCCCCCCCC(C)C)OC(=O)CCCCCCCCCCCCCCCCCC)OC(=O)CCCCCCCCCCCCCCCCCCCCCCC. The van der Waals surface area contributed by atoms with Crippen molar-refractivity contribution < 1.29 is 80.2 Å². The van der Waals surface area contributed by atoms with E-state index in [2.05, 4.69) is 34.6 Å². The lowest BCUT2D eigenvalue weighted by Gasteiger charge is -2.21. The molecule has 0 amide bonds. The second-order valence-corrected chi connectivity index (χ2v) is 35.7. The Labute approximate surface area is 670 Å². The monoisotopic (exact) mass is 1590 g/mol. The van der Waals surface area contributed by atoms with Gasteiger partial charge in [0.15, 0.2) is 12.2 Å². The number of ether oxygens (including phenoxy) is 4. The molecule has 0 spiro atoms. The molecule has 2 unspecified atom stereocenters. The van der Waals surface area contributed by atoms with Gasteiger partial charge in [0.2, 0.25) is 0 Å². The Morgan fingerprint density at radius 2 is 0.422 bits per heavy atom. The summed E-state index contributed by atoms with van der Waals surface area (Å²) in [4.78, 5) is 73.4. The number of rotatable bonds is 90. The van der Waals surface area contributed by atoms with Gasteiger partial charge < -0.3 is 33.8 Å². The Morgan fingerprint density at radius 3 is 0.624 bits per heavy atom. The number of phosphoric ester groups is 2. The average molecular weight is 1590 g/mol. The van der Waals surface area contributed by atoms with E-state index in [1.165, 1.54) is 315 Å². The van der Waals surface area contributed by atoms with Crippen LogP contribution in [0.1, 0.15) is 490 Å². The number of carbonyl (C=O) groups excluding carboxylic acids is 4. The first kappa shape index (κ1) is 107. The number of phosphoric acid groups is 2. The van der Waals surface area contributed by atoms with Crippen molar-refractivity contribution in [3.8, 4) is 0 Å². The molecule has 0 aliphatic heterocycles. The summed E-state index contributed by atoms with van der Waals surface area (Å²) in [6.45, 7) is 7.35. The molecule has 17 nitrogen and oxygen atoms in total. The highest BCUT2D eigenvalue weighted by Crippen LogP contribution is 2.45. The summed E-state index contributed by atoms with van der Waals surface area (Å²) in [6, 6.07) is 0. The lowest BCUT2D eigenvalue weighted by Crippen LogP contribution is -2.30. The standard InChI is InChI=1S/C90H176O17P2/c1-6-9-12-15-18-21-24-27-30-33-35-37-39-41-44-46-49-52-58-63-68-73-87(92)100-79-85(106-89(94)76-71-66-61-54-51-48-45-42-40-38-36-34-31-28-25-22-19-16-13-10-7-2)81-104-108(96,97)102-77-84(91)78-103-109(98,99)105-82-86(80-101-88(93)74-69-64-59-56-55-57-62-67-72-83(4)5)107-90(95)75-70-65-60-53-50-47-43-32-29-26-23-20-17-14-11-8-3/h83-86,91H,6-82H2,1-5H3,(H,96,97)(H,98,99)/t84-,85-,86-/m1/s1. The van der Waals surface area contributed by atoms with Gasteiger partial charge in [-0.2, -0.15) is 0 Å². The van der Waals surface area contributed by atoms with Gasteiger partial charge in [0.25, 0.3) is 0 Å². The predicted octanol–water partition coefficient (Wildman–Crippen LogP) is 27.9. The van der Waals surface area contributed by atoms with Crippen LogP contribution in [-0.2, 0) is 65.4 Å². The smallest absolute Gasteiger partial charge is 0.462 e. The van der Waals surface area contributed by atoms with Gasteiger partial charge in [0, 0.05) is 25.7 Å². The highest BCUT2D eigenvalue weighted by molar-refractivity contribution is 7.47. The number of hydrogen-bond acceptors (Lipinski definition) is 15. The highest BCUT2D eigenvalue weighted by Gasteiger charge is 2.31. The van der Waals surface area contributed by atoms with Crippen LogP contribution in [0.25, 0.3) is 0 Å². The summed E-state index contributed by atoms with van der Waals surface area (Å²) in [7, 11) is -9.93. The van der Waals surface area contributed by atoms with Crippen LogP contribution in [0.4, 0.5) is 0 Å². The van der Waals surface area contributed by atoms with Crippen molar-refractivity contribution in [3.05, 3.63) is 0 Å². The van der Waals surface area contributed by atoms with Crippen LogP contribution < -0.4 is 0 Å². The van der Waals surface area contributed by atoms with E-state index >= 15 is 0 Å². The van der Waals surface area contributed by atoms with E-state index < -0.39 is 97.5 Å². The first-order valence-corrected chi connectivity index (χ1v) is 49.6. The van der Waals surface area contributed by atoms with E-state index in [1.807, 2.05) is 0 Å². The summed E-state index contributed by atoms with van der Waals surface area (Å²) in [5.74, 6) is -1.37. The number of hydrogen-bond donors (Lipinski definition) is 3. The number of esters is 4.